The zero-order chi connectivity index (χ0) is 14.1. The summed E-state index contributed by atoms with van der Waals surface area (Å²) in [4.78, 5) is 15.4. The van der Waals surface area contributed by atoms with Gasteiger partial charge in [-0.3, -0.25) is 4.79 Å². The molecule has 0 N–H and O–H groups in total. The Bertz CT molecular complexity index is 616. The average molecular weight is 289 g/mol. The molecule has 0 atom stereocenters. The number of thiophene rings is 1. The number of hydrogen-bond acceptors (Lipinski definition) is 2. The number of amides is 1. The maximum atomic E-state index is 13.0. The Morgan fingerprint density at radius 3 is 2.55 bits per heavy atom. The first-order valence-electron chi connectivity index (χ1n) is 6.74. The van der Waals surface area contributed by atoms with Gasteiger partial charge in [-0.1, -0.05) is 12.1 Å². The lowest BCUT2D eigenvalue weighted by Gasteiger charge is -2.22. The molecule has 4 heteroatoms. The molecule has 0 unspecified atom stereocenters. The van der Waals surface area contributed by atoms with Crippen molar-refractivity contribution >= 4 is 17.2 Å². The SMILES string of the molecule is Cc1ccsc1C(=O)N(Cc1ccc(F)cc1)C1CC1. The van der Waals surface area contributed by atoms with Crippen LogP contribution >= 0.6 is 11.3 Å². The molecule has 2 nitrogen and oxygen atoms in total. The number of aryl methyl sites for hydroxylation is 1. The second kappa shape index (κ2) is 5.37. The van der Waals surface area contributed by atoms with Crippen LogP contribution in [0.5, 0.6) is 0 Å². The van der Waals surface area contributed by atoms with Gasteiger partial charge in [0.05, 0.1) is 4.88 Å². The Labute approximate surface area is 121 Å². The van der Waals surface area contributed by atoms with E-state index >= 15 is 0 Å². The maximum absolute atomic E-state index is 13.0. The molecule has 1 aliphatic carbocycles. The lowest BCUT2D eigenvalue weighted by molar-refractivity contribution is 0.0734. The Morgan fingerprint density at radius 1 is 1.30 bits per heavy atom. The van der Waals surface area contributed by atoms with Gasteiger partial charge in [0.2, 0.25) is 0 Å². The van der Waals surface area contributed by atoms with E-state index in [0.29, 0.717) is 12.6 Å². The predicted octanol–water partition coefficient (Wildman–Crippen LogP) is 4.00. The van der Waals surface area contributed by atoms with E-state index in [4.69, 9.17) is 0 Å². The van der Waals surface area contributed by atoms with Gasteiger partial charge in [-0.25, -0.2) is 4.39 Å². The highest BCUT2D eigenvalue weighted by Crippen LogP contribution is 2.31. The molecule has 0 bridgehead atoms. The summed E-state index contributed by atoms with van der Waals surface area (Å²) < 4.78 is 13.0. The molecule has 3 rings (SSSR count). The first-order valence-corrected chi connectivity index (χ1v) is 7.62. The minimum atomic E-state index is -0.243. The quantitative estimate of drug-likeness (QED) is 0.833. The van der Waals surface area contributed by atoms with E-state index in [0.717, 1.165) is 28.8 Å². The van der Waals surface area contributed by atoms with Crippen molar-refractivity contribution in [3.8, 4) is 0 Å². The molecule has 0 radical (unpaired) electrons. The monoisotopic (exact) mass is 289 g/mol. The third-order valence-electron chi connectivity index (χ3n) is 3.57. The Kier molecular flexibility index (Phi) is 3.57. The molecular formula is C16H16FNOS. The van der Waals surface area contributed by atoms with Crippen LogP contribution in [0, 0.1) is 12.7 Å². The van der Waals surface area contributed by atoms with Gasteiger partial charge >= 0.3 is 0 Å². The molecule has 20 heavy (non-hydrogen) atoms. The van der Waals surface area contributed by atoms with Crippen LogP contribution in [0.15, 0.2) is 35.7 Å². The summed E-state index contributed by atoms with van der Waals surface area (Å²) in [5, 5.41) is 1.95. The van der Waals surface area contributed by atoms with Gasteiger partial charge < -0.3 is 4.90 Å². The van der Waals surface area contributed by atoms with Crippen LogP contribution in [0.25, 0.3) is 0 Å². The first-order chi connectivity index (χ1) is 9.65. The third-order valence-corrected chi connectivity index (χ3v) is 4.58. The largest absolute Gasteiger partial charge is 0.331 e. The fraction of sp³-hybridized carbons (Fsp3) is 0.312. The van der Waals surface area contributed by atoms with Gasteiger partial charge in [-0.2, -0.15) is 0 Å². The maximum Gasteiger partial charge on any atom is 0.264 e. The van der Waals surface area contributed by atoms with Crippen molar-refractivity contribution in [2.45, 2.75) is 32.4 Å². The number of benzene rings is 1. The lowest BCUT2D eigenvalue weighted by atomic mass is 10.2. The molecule has 1 saturated carbocycles. The fourth-order valence-electron chi connectivity index (χ4n) is 2.26. The summed E-state index contributed by atoms with van der Waals surface area (Å²) in [7, 11) is 0. The Morgan fingerprint density at radius 2 is 2.00 bits per heavy atom. The molecule has 104 valence electrons. The van der Waals surface area contributed by atoms with Gasteiger partial charge in [0.1, 0.15) is 5.82 Å². The van der Waals surface area contributed by atoms with Gasteiger partial charge in [0, 0.05) is 12.6 Å². The van der Waals surface area contributed by atoms with Crippen molar-refractivity contribution in [1.82, 2.24) is 4.90 Å². The minimum Gasteiger partial charge on any atom is -0.331 e. The number of nitrogens with zero attached hydrogens (tertiary/aromatic N) is 1. The van der Waals surface area contributed by atoms with Gasteiger partial charge in [-0.05, 0) is 54.5 Å². The molecular weight excluding hydrogens is 273 g/mol. The van der Waals surface area contributed by atoms with Gasteiger partial charge in [-0.15, -0.1) is 11.3 Å². The van der Waals surface area contributed by atoms with Crippen LogP contribution in [-0.2, 0) is 6.54 Å². The highest BCUT2D eigenvalue weighted by Gasteiger charge is 2.33. The van der Waals surface area contributed by atoms with Crippen LogP contribution in [0.4, 0.5) is 4.39 Å². The van der Waals surface area contributed by atoms with Crippen molar-refractivity contribution in [3.05, 3.63) is 57.5 Å². The summed E-state index contributed by atoms with van der Waals surface area (Å²) in [5.41, 5.74) is 2.01. The van der Waals surface area contributed by atoms with Crippen molar-refractivity contribution < 1.29 is 9.18 Å². The molecule has 0 saturated heterocycles. The molecule has 1 aromatic heterocycles. The van der Waals surface area contributed by atoms with Crippen molar-refractivity contribution in [2.24, 2.45) is 0 Å². The van der Waals surface area contributed by atoms with E-state index in [9.17, 15) is 9.18 Å². The summed E-state index contributed by atoms with van der Waals surface area (Å²) in [5.74, 6) is -0.142. The molecule has 1 fully saturated rings. The van der Waals surface area contributed by atoms with E-state index in [-0.39, 0.29) is 11.7 Å². The van der Waals surface area contributed by atoms with Crippen LogP contribution in [-0.4, -0.2) is 16.8 Å². The molecule has 1 heterocycles. The summed E-state index contributed by atoms with van der Waals surface area (Å²) in [6.07, 6.45) is 2.13. The van der Waals surface area contributed by atoms with Crippen molar-refractivity contribution in [2.75, 3.05) is 0 Å². The second-order valence-corrected chi connectivity index (χ2v) is 6.14. The average Bonchev–Trinajstić information content (AvgIpc) is 3.19. The second-order valence-electron chi connectivity index (χ2n) is 5.22. The van der Waals surface area contributed by atoms with E-state index < -0.39 is 0 Å². The number of rotatable bonds is 4. The topological polar surface area (TPSA) is 20.3 Å². The number of halogens is 1. The van der Waals surface area contributed by atoms with Crippen molar-refractivity contribution in [1.29, 1.82) is 0 Å². The van der Waals surface area contributed by atoms with Gasteiger partial charge in [0.25, 0.3) is 5.91 Å². The highest BCUT2D eigenvalue weighted by molar-refractivity contribution is 7.12. The minimum absolute atomic E-state index is 0.101. The van der Waals surface area contributed by atoms with E-state index in [2.05, 4.69) is 0 Å². The van der Waals surface area contributed by atoms with Crippen LogP contribution < -0.4 is 0 Å². The number of carbonyl (C=O) groups is 1. The molecule has 0 spiro atoms. The van der Waals surface area contributed by atoms with Crippen LogP contribution in [0.2, 0.25) is 0 Å². The standard InChI is InChI=1S/C16H16FNOS/c1-11-8-9-20-15(11)16(19)18(14-6-7-14)10-12-2-4-13(17)5-3-12/h2-5,8-9,14H,6-7,10H2,1H3. The Hall–Kier alpha value is -1.68. The zero-order valence-electron chi connectivity index (χ0n) is 11.3. The molecule has 1 aliphatic rings. The molecule has 1 amide bonds. The highest BCUT2D eigenvalue weighted by atomic mass is 32.1. The smallest absolute Gasteiger partial charge is 0.264 e. The normalized spacial score (nSPS) is 14.3. The first kappa shape index (κ1) is 13.3. The van der Waals surface area contributed by atoms with Crippen LogP contribution in [0.1, 0.15) is 33.6 Å². The molecule has 2 aromatic rings. The van der Waals surface area contributed by atoms with E-state index in [1.165, 1.54) is 23.5 Å². The number of hydrogen-bond donors (Lipinski definition) is 0. The van der Waals surface area contributed by atoms with E-state index in [1.807, 2.05) is 23.3 Å². The molecule has 0 aliphatic heterocycles. The zero-order valence-corrected chi connectivity index (χ0v) is 12.1. The third kappa shape index (κ3) is 2.75. The fourth-order valence-corrected chi connectivity index (χ4v) is 3.14. The number of carbonyl (C=O) groups excluding carboxylic acids is 1. The summed E-state index contributed by atoms with van der Waals surface area (Å²) >= 11 is 1.49. The lowest BCUT2D eigenvalue weighted by Crippen LogP contribution is -2.32. The summed E-state index contributed by atoms with van der Waals surface area (Å²) in [6, 6.07) is 8.70. The summed E-state index contributed by atoms with van der Waals surface area (Å²) in [6.45, 7) is 2.52. The molecule has 1 aromatic carbocycles. The Balaban J connectivity index is 1.81. The predicted molar refractivity (Wildman–Crippen MR) is 78.4 cm³/mol. The van der Waals surface area contributed by atoms with Crippen molar-refractivity contribution in [3.63, 3.8) is 0 Å². The van der Waals surface area contributed by atoms with Crippen LogP contribution in [0.3, 0.4) is 0 Å². The van der Waals surface area contributed by atoms with E-state index in [1.54, 1.807) is 12.1 Å². The van der Waals surface area contributed by atoms with Gasteiger partial charge in [0.15, 0.2) is 0 Å².